The van der Waals surface area contributed by atoms with Crippen molar-refractivity contribution in [2.24, 2.45) is 5.41 Å². The van der Waals surface area contributed by atoms with Crippen LogP contribution in [-0.4, -0.2) is 51.9 Å². The van der Waals surface area contributed by atoms with Crippen LogP contribution in [0, 0.1) is 11.4 Å². The van der Waals surface area contributed by atoms with Crippen molar-refractivity contribution in [1.29, 1.82) is 0 Å². The fraction of sp³-hybridized carbons (Fsp3) is 0.474. The van der Waals surface area contributed by atoms with Crippen LogP contribution in [0.2, 0.25) is 0 Å². The molecule has 1 atom stereocenters. The van der Waals surface area contributed by atoms with E-state index in [1.54, 1.807) is 18.5 Å². The second kappa shape index (κ2) is 6.97. The van der Waals surface area contributed by atoms with Crippen LogP contribution in [0.3, 0.4) is 0 Å². The number of halogens is 1. The minimum atomic E-state index is -0.618. The molecule has 2 aliphatic heterocycles. The molecule has 2 saturated heterocycles. The fourth-order valence-electron chi connectivity index (χ4n) is 4.27. The molecule has 26 heavy (non-hydrogen) atoms. The number of carbonyl (C=O) groups excluding carboxylic acids is 1. The molecule has 2 aromatic heterocycles. The Morgan fingerprint density at radius 3 is 2.58 bits per heavy atom. The Morgan fingerprint density at radius 1 is 1.04 bits per heavy atom. The molecule has 1 spiro atoms. The quantitative estimate of drug-likeness (QED) is 0.775. The fourth-order valence-corrected chi connectivity index (χ4v) is 4.27. The molecule has 7 heteroatoms. The minimum Gasteiger partial charge on any atom is -0.340 e. The van der Waals surface area contributed by atoms with Crippen molar-refractivity contribution in [2.45, 2.75) is 25.7 Å². The molecule has 1 amide bonds. The number of aromatic nitrogens is 3. The summed E-state index contributed by atoms with van der Waals surface area (Å²) in [7, 11) is 0. The lowest BCUT2D eigenvalue weighted by atomic mass is 9.73. The first-order chi connectivity index (χ1) is 12.7. The van der Waals surface area contributed by atoms with Crippen LogP contribution in [0.15, 0.2) is 36.8 Å². The summed E-state index contributed by atoms with van der Waals surface area (Å²) in [6.45, 7) is 3.20. The Morgan fingerprint density at radius 2 is 1.81 bits per heavy atom. The SMILES string of the molecule is O=C(c1ccnc(F)c1)N1CCCC2(CCCN(c3ncccn3)C2)C1. The van der Waals surface area contributed by atoms with Crippen molar-refractivity contribution in [2.75, 3.05) is 31.1 Å². The van der Waals surface area contributed by atoms with Crippen LogP contribution in [0.4, 0.5) is 10.3 Å². The second-order valence-corrected chi connectivity index (χ2v) is 7.27. The number of piperidine rings is 2. The van der Waals surface area contributed by atoms with E-state index >= 15 is 0 Å². The van der Waals surface area contributed by atoms with Gasteiger partial charge in [-0.15, -0.1) is 0 Å². The number of rotatable bonds is 2. The van der Waals surface area contributed by atoms with E-state index in [4.69, 9.17) is 0 Å². The number of carbonyl (C=O) groups is 1. The molecule has 136 valence electrons. The molecule has 4 heterocycles. The van der Waals surface area contributed by atoms with Crippen LogP contribution in [0.1, 0.15) is 36.0 Å². The Hall–Kier alpha value is -2.57. The van der Waals surface area contributed by atoms with Gasteiger partial charge in [0.05, 0.1) is 0 Å². The van der Waals surface area contributed by atoms with Gasteiger partial charge in [-0.05, 0) is 37.8 Å². The van der Waals surface area contributed by atoms with Crippen LogP contribution in [-0.2, 0) is 0 Å². The zero-order valence-electron chi connectivity index (χ0n) is 14.6. The van der Waals surface area contributed by atoms with E-state index in [0.717, 1.165) is 44.7 Å². The Balaban J connectivity index is 1.51. The third-order valence-electron chi connectivity index (χ3n) is 5.42. The second-order valence-electron chi connectivity index (χ2n) is 7.27. The third-order valence-corrected chi connectivity index (χ3v) is 5.42. The molecule has 2 aliphatic rings. The first kappa shape index (κ1) is 16.9. The zero-order chi connectivity index (χ0) is 18.0. The number of amides is 1. The van der Waals surface area contributed by atoms with Gasteiger partial charge in [-0.1, -0.05) is 0 Å². The molecule has 0 radical (unpaired) electrons. The number of hydrogen-bond donors (Lipinski definition) is 0. The monoisotopic (exact) mass is 355 g/mol. The topological polar surface area (TPSA) is 62.2 Å². The summed E-state index contributed by atoms with van der Waals surface area (Å²) >= 11 is 0. The number of pyridine rings is 1. The van der Waals surface area contributed by atoms with E-state index in [2.05, 4.69) is 19.9 Å². The summed E-state index contributed by atoms with van der Waals surface area (Å²) < 4.78 is 13.4. The van der Waals surface area contributed by atoms with Gasteiger partial charge < -0.3 is 9.80 Å². The van der Waals surface area contributed by atoms with Crippen LogP contribution in [0.5, 0.6) is 0 Å². The highest BCUT2D eigenvalue weighted by atomic mass is 19.1. The number of anilines is 1. The first-order valence-corrected chi connectivity index (χ1v) is 9.08. The van der Waals surface area contributed by atoms with Gasteiger partial charge in [0.25, 0.3) is 5.91 Å². The highest BCUT2D eigenvalue weighted by Crippen LogP contribution is 2.39. The molecule has 4 rings (SSSR count). The van der Waals surface area contributed by atoms with Crippen LogP contribution >= 0.6 is 0 Å². The Kier molecular flexibility index (Phi) is 4.53. The van der Waals surface area contributed by atoms with Crippen molar-refractivity contribution in [3.63, 3.8) is 0 Å². The lowest BCUT2D eigenvalue weighted by Crippen LogP contribution is -2.54. The summed E-state index contributed by atoms with van der Waals surface area (Å²) in [4.78, 5) is 29.2. The number of nitrogens with zero attached hydrogens (tertiary/aromatic N) is 5. The van der Waals surface area contributed by atoms with E-state index in [-0.39, 0.29) is 11.3 Å². The van der Waals surface area contributed by atoms with Gasteiger partial charge in [-0.25, -0.2) is 15.0 Å². The average Bonchev–Trinajstić information content (AvgIpc) is 2.68. The van der Waals surface area contributed by atoms with E-state index in [1.165, 1.54) is 12.3 Å². The highest BCUT2D eigenvalue weighted by Gasteiger charge is 2.41. The molecule has 0 saturated carbocycles. The summed E-state index contributed by atoms with van der Waals surface area (Å²) in [5.41, 5.74) is 0.422. The molecule has 0 bridgehead atoms. The summed E-state index contributed by atoms with van der Waals surface area (Å²) in [6.07, 6.45) is 9.07. The predicted molar refractivity (Wildman–Crippen MR) is 95.2 cm³/mol. The summed E-state index contributed by atoms with van der Waals surface area (Å²) in [5.74, 6) is 0.0253. The first-order valence-electron chi connectivity index (χ1n) is 9.08. The summed E-state index contributed by atoms with van der Waals surface area (Å²) in [6, 6.07) is 4.62. The molecular formula is C19H22FN5O. The van der Waals surface area contributed by atoms with Crippen molar-refractivity contribution in [3.8, 4) is 0 Å². The van der Waals surface area contributed by atoms with Gasteiger partial charge in [0.1, 0.15) is 0 Å². The zero-order valence-corrected chi connectivity index (χ0v) is 14.6. The number of hydrogen-bond acceptors (Lipinski definition) is 5. The lowest BCUT2D eigenvalue weighted by molar-refractivity contribution is 0.0464. The van der Waals surface area contributed by atoms with Crippen molar-refractivity contribution >= 4 is 11.9 Å². The maximum atomic E-state index is 13.4. The van der Waals surface area contributed by atoms with Gasteiger partial charge in [0.15, 0.2) is 0 Å². The van der Waals surface area contributed by atoms with E-state index in [0.29, 0.717) is 18.7 Å². The molecule has 0 aliphatic carbocycles. The molecular weight excluding hydrogens is 333 g/mol. The maximum Gasteiger partial charge on any atom is 0.254 e. The van der Waals surface area contributed by atoms with E-state index < -0.39 is 5.95 Å². The normalized spacial score (nSPS) is 23.3. The molecule has 0 N–H and O–H groups in total. The van der Waals surface area contributed by atoms with E-state index in [9.17, 15) is 9.18 Å². The van der Waals surface area contributed by atoms with Gasteiger partial charge in [0.2, 0.25) is 11.9 Å². The summed E-state index contributed by atoms with van der Waals surface area (Å²) in [5, 5.41) is 0. The number of likely N-dealkylation sites (tertiary alicyclic amines) is 1. The molecule has 0 aromatic carbocycles. The molecule has 1 unspecified atom stereocenters. The minimum absolute atomic E-state index is 0.0525. The van der Waals surface area contributed by atoms with Crippen LogP contribution in [0.25, 0.3) is 0 Å². The average molecular weight is 355 g/mol. The Bertz CT molecular complexity index is 783. The molecule has 2 fully saturated rings. The van der Waals surface area contributed by atoms with Gasteiger partial charge in [0, 0.05) is 61.8 Å². The Labute approximate surface area is 152 Å². The van der Waals surface area contributed by atoms with E-state index in [1.807, 2.05) is 11.0 Å². The maximum absolute atomic E-state index is 13.4. The molecule has 2 aromatic rings. The molecule has 6 nitrogen and oxygen atoms in total. The van der Waals surface area contributed by atoms with Gasteiger partial charge in [-0.2, -0.15) is 4.39 Å². The highest BCUT2D eigenvalue weighted by molar-refractivity contribution is 5.94. The third kappa shape index (κ3) is 3.38. The van der Waals surface area contributed by atoms with Gasteiger partial charge in [-0.3, -0.25) is 4.79 Å². The largest absolute Gasteiger partial charge is 0.340 e. The smallest absolute Gasteiger partial charge is 0.254 e. The van der Waals surface area contributed by atoms with Crippen molar-refractivity contribution < 1.29 is 9.18 Å². The van der Waals surface area contributed by atoms with Gasteiger partial charge >= 0.3 is 0 Å². The standard InChI is InChI=1S/C19H22FN5O/c20-16-12-15(4-9-21-16)17(26)24-10-1-5-19(13-24)6-2-11-25(14-19)18-22-7-3-8-23-18/h3-4,7-9,12H,1-2,5-6,10-11,13-14H2. The lowest BCUT2D eigenvalue weighted by Gasteiger charge is -2.48. The van der Waals surface area contributed by atoms with Crippen molar-refractivity contribution in [1.82, 2.24) is 19.9 Å². The van der Waals surface area contributed by atoms with Crippen molar-refractivity contribution in [3.05, 3.63) is 48.3 Å². The predicted octanol–water partition coefficient (Wildman–Crippen LogP) is 2.53. The van der Waals surface area contributed by atoms with Crippen LogP contribution < -0.4 is 4.90 Å².